The molecule has 0 saturated heterocycles. The number of hydrogen-bond donors (Lipinski definition) is 0. The Labute approximate surface area is 207 Å². The highest BCUT2D eigenvalue weighted by atomic mass is 79.9. The predicted octanol–water partition coefficient (Wildman–Crippen LogP) is 3.25. The molecule has 5 rings (SSSR count). The van der Waals surface area contributed by atoms with E-state index in [0.717, 1.165) is 17.4 Å². The summed E-state index contributed by atoms with van der Waals surface area (Å²) >= 11 is 0. The molecule has 0 N–H and O–H groups in total. The molecule has 0 radical (unpaired) electrons. The van der Waals surface area contributed by atoms with Crippen LogP contribution in [0.25, 0.3) is 11.1 Å². The molecule has 0 aliphatic rings. The largest absolute Gasteiger partial charge is 1.00 e. The number of hydrogen-bond acceptors (Lipinski definition) is 1. The third-order valence-electron chi connectivity index (χ3n) is 5.92. The third kappa shape index (κ3) is 4.83. The summed E-state index contributed by atoms with van der Waals surface area (Å²) in [4.78, 5) is 4.94. The lowest BCUT2D eigenvalue weighted by Crippen LogP contribution is -3.00. The molecule has 1 aromatic heterocycles. The van der Waals surface area contributed by atoms with Gasteiger partial charge in [-0.25, -0.2) is 0 Å². The normalized spacial score (nSPS) is 10.9. The second kappa shape index (κ2) is 10.7. The van der Waals surface area contributed by atoms with Gasteiger partial charge >= 0.3 is 0 Å². The molecular formula is C30H25BrNP. The fraction of sp³-hybridized carbons (Fsp3) is 0.0333. The number of aromatic nitrogens is 1. The Morgan fingerprint density at radius 2 is 0.879 bits per heavy atom. The van der Waals surface area contributed by atoms with Crippen LogP contribution in [0.4, 0.5) is 0 Å². The van der Waals surface area contributed by atoms with Crippen LogP contribution in [0.5, 0.6) is 0 Å². The van der Waals surface area contributed by atoms with Gasteiger partial charge in [0.25, 0.3) is 0 Å². The lowest BCUT2D eigenvalue weighted by molar-refractivity contribution is -0.00000623. The van der Waals surface area contributed by atoms with Crippen LogP contribution in [0, 0.1) is 0 Å². The minimum absolute atomic E-state index is 0. The number of nitrogens with zero attached hydrogens (tertiary/aromatic N) is 1. The lowest BCUT2D eigenvalue weighted by Gasteiger charge is -2.27. The van der Waals surface area contributed by atoms with E-state index >= 15 is 0 Å². The van der Waals surface area contributed by atoms with Crippen molar-refractivity contribution in [3.05, 3.63) is 145 Å². The van der Waals surface area contributed by atoms with Crippen molar-refractivity contribution in [2.75, 3.05) is 0 Å². The SMILES string of the molecule is [Br-].c1ccc(-c2ccc(C[P+](c3ccccc3)(c3ccccc3)c3ccccc3)nc2)cc1. The molecule has 0 spiro atoms. The number of benzene rings is 4. The number of pyridine rings is 1. The highest BCUT2D eigenvalue weighted by molar-refractivity contribution is 7.95. The fourth-order valence-electron chi connectivity index (χ4n) is 4.33. The van der Waals surface area contributed by atoms with E-state index in [9.17, 15) is 0 Å². The summed E-state index contributed by atoms with van der Waals surface area (Å²) in [7, 11) is -1.92. The van der Waals surface area contributed by atoms with Gasteiger partial charge in [0.05, 0.1) is 5.69 Å². The molecule has 0 aliphatic carbocycles. The standard InChI is InChI=1S/C30H25NP.BrH/c1-5-13-25(14-6-1)26-21-22-27(31-23-26)24-32(28-15-7-2-8-16-28,29-17-9-3-10-18-29)30-19-11-4-12-20-30;/h1-23H,24H2;1H/q+1;/p-1. The minimum Gasteiger partial charge on any atom is -1.00 e. The quantitative estimate of drug-likeness (QED) is 0.320. The first-order valence-corrected chi connectivity index (χ1v) is 12.9. The van der Waals surface area contributed by atoms with Crippen molar-refractivity contribution in [1.82, 2.24) is 4.98 Å². The topological polar surface area (TPSA) is 12.9 Å². The van der Waals surface area contributed by atoms with E-state index in [4.69, 9.17) is 4.98 Å². The van der Waals surface area contributed by atoms with E-state index in [0.29, 0.717) is 0 Å². The van der Waals surface area contributed by atoms with Crippen molar-refractivity contribution in [2.24, 2.45) is 0 Å². The first-order valence-electron chi connectivity index (χ1n) is 10.9. The molecule has 0 unspecified atom stereocenters. The highest BCUT2D eigenvalue weighted by Gasteiger charge is 2.45. The summed E-state index contributed by atoms with van der Waals surface area (Å²) < 4.78 is 0. The smallest absolute Gasteiger partial charge is 0.118 e. The zero-order valence-electron chi connectivity index (χ0n) is 18.3. The van der Waals surface area contributed by atoms with Gasteiger partial charge in [-0.15, -0.1) is 0 Å². The monoisotopic (exact) mass is 509 g/mol. The van der Waals surface area contributed by atoms with Crippen LogP contribution in [0.15, 0.2) is 140 Å². The third-order valence-corrected chi connectivity index (χ3v) is 10.3. The van der Waals surface area contributed by atoms with Crippen molar-refractivity contribution in [1.29, 1.82) is 0 Å². The molecule has 162 valence electrons. The molecule has 0 saturated carbocycles. The maximum absolute atomic E-state index is 4.94. The molecule has 1 nitrogen and oxygen atoms in total. The van der Waals surface area contributed by atoms with Gasteiger partial charge in [0.2, 0.25) is 0 Å². The molecule has 0 amide bonds. The highest BCUT2D eigenvalue weighted by Crippen LogP contribution is 2.57. The Bertz CT molecular complexity index is 1160. The van der Waals surface area contributed by atoms with Gasteiger partial charge in [-0.3, -0.25) is 4.98 Å². The molecule has 0 aliphatic heterocycles. The maximum Gasteiger partial charge on any atom is 0.118 e. The molecule has 33 heavy (non-hydrogen) atoms. The van der Waals surface area contributed by atoms with Crippen LogP contribution in [-0.2, 0) is 6.16 Å². The second-order valence-electron chi connectivity index (χ2n) is 7.88. The van der Waals surface area contributed by atoms with Crippen molar-refractivity contribution >= 4 is 23.2 Å². The molecule has 4 aromatic carbocycles. The van der Waals surface area contributed by atoms with E-state index in [1.165, 1.54) is 21.5 Å². The summed E-state index contributed by atoms with van der Waals surface area (Å²) in [5.74, 6) is 0. The summed E-state index contributed by atoms with van der Waals surface area (Å²) in [6, 6.07) is 47.8. The number of halogens is 1. The summed E-state index contributed by atoms with van der Waals surface area (Å²) in [6.07, 6.45) is 2.90. The fourth-order valence-corrected chi connectivity index (χ4v) is 8.49. The molecule has 0 fully saturated rings. The van der Waals surface area contributed by atoms with Crippen molar-refractivity contribution in [2.45, 2.75) is 6.16 Å². The molecule has 0 atom stereocenters. The zero-order valence-corrected chi connectivity index (χ0v) is 20.7. The molecule has 1 heterocycles. The Morgan fingerprint density at radius 1 is 0.455 bits per heavy atom. The average Bonchev–Trinajstić information content (AvgIpc) is 2.90. The Morgan fingerprint density at radius 3 is 1.27 bits per heavy atom. The second-order valence-corrected chi connectivity index (χ2v) is 11.4. The van der Waals surface area contributed by atoms with Gasteiger partial charge in [-0.2, -0.15) is 0 Å². The van der Waals surface area contributed by atoms with Crippen molar-refractivity contribution < 1.29 is 17.0 Å². The zero-order chi connectivity index (χ0) is 21.6. The summed E-state index contributed by atoms with van der Waals surface area (Å²) in [6.45, 7) is 0. The van der Waals surface area contributed by atoms with E-state index in [-0.39, 0.29) is 17.0 Å². The van der Waals surface area contributed by atoms with Crippen LogP contribution < -0.4 is 32.9 Å². The van der Waals surface area contributed by atoms with Gasteiger partial charge < -0.3 is 17.0 Å². The molecular weight excluding hydrogens is 485 g/mol. The van der Waals surface area contributed by atoms with E-state index in [1.54, 1.807) is 0 Å². The van der Waals surface area contributed by atoms with Gasteiger partial charge in [0, 0.05) is 11.8 Å². The van der Waals surface area contributed by atoms with E-state index in [1.807, 2.05) is 12.3 Å². The van der Waals surface area contributed by atoms with Crippen molar-refractivity contribution in [3.63, 3.8) is 0 Å². The Balaban J connectivity index is 0.00000259. The average molecular weight is 510 g/mol. The van der Waals surface area contributed by atoms with Gasteiger partial charge in [-0.1, -0.05) is 91.0 Å². The van der Waals surface area contributed by atoms with Gasteiger partial charge in [0.15, 0.2) is 0 Å². The van der Waals surface area contributed by atoms with Crippen LogP contribution in [0.2, 0.25) is 0 Å². The van der Waals surface area contributed by atoms with E-state index < -0.39 is 7.26 Å². The molecule has 0 bridgehead atoms. The van der Waals surface area contributed by atoms with Gasteiger partial charge in [0.1, 0.15) is 29.3 Å². The summed E-state index contributed by atoms with van der Waals surface area (Å²) in [5.41, 5.74) is 3.47. The van der Waals surface area contributed by atoms with E-state index in [2.05, 4.69) is 127 Å². The first-order chi connectivity index (χ1) is 15.9. The minimum atomic E-state index is -1.92. The lowest BCUT2D eigenvalue weighted by atomic mass is 10.1. The van der Waals surface area contributed by atoms with Crippen molar-refractivity contribution in [3.8, 4) is 11.1 Å². The number of rotatable bonds is 6. The van der Waals surface area contributed by atoms with Crippen LogP contribution in [-0.4, -0.2) is 4.98 Å². The summed E-state index contributed by atoms with van der Waals surface area (Å²) in [5, 5.41) is 4.14. The van der Waals surface area contributed by atoms with Crippen LogP contribution in [0.3, 0.4) is 0 Å². The Kier molecular flexibility index (Phi) is 7.50. The first kappa shape index (κ1) is 23.1. The predicted molar refractivity (Wildman–Crippen MR) is 139 cm³/mol. The Hall–Kier alpha value is -3.06. The molecule has 3 heteroatoms. The van der Waals surface area contributed by atoms with Crippen LogP contribution >= 0.6 is 7.26 Å². The van der Waals surface area contributed by atoms with Gasteiger partial charge in [-0.05, 0) is 48.0 Å². The van der Waals surface area contributed by atoms with Crippen LogP contribution in [0.1, 0.15) is 5.69 Å². The molecule has 5 aromatic rings. The maximum atomic E-state index is 4.94.